The van der Waals surface area contributed by atoms with Crippen molar-refractivity contribution in [3.63, 3.8) is 0 Å². The van der Waals surface area contributed by atoms with Crippen LogP contribution in [0.1, 0.15) is 19.8 Å². The molecule has 0 unspecified atom stereocenters. The molecule has 0 aliphatic heterocycles. The van der Waals surface area contributed by atoms with Gasteiger partial charge in [-0.3, -0.25) is 4.79 Å². The summed E-state index contributed by atoms with van der Waals surface area (Å²) < 4.78 is 0. The number of aromatic nitrogens is 1. The van der Waals surface area contributed by atoms with Crippen molar-refractivity contribution in [1.29, 1.82) is 0 Å². The fraction of sp³-hybridized carbons (Fsp3) is 0.158. The van der Waals surface area contributed by atoms with Gasteiger partial charge >= 0.3 is 0 Å². The van der Waals surface area contributed by atoms with Crippen LogP contribution >= 0.6 is 11.3 Å². The molecular weight excluding hydrogens is 304 g/mol. The normalized spacial score (nSPS) is 10.5. The van der Waals surface area contributed by atoms with E-state index in [0.29, 0.717) is 11.6 Å². The number of hydrogen-bond acceptors (Lipinski definition) is 3. The van der Waals surface area contributed by atoms with Crippen LogP contribution in [-0.4, -0.2) is 10.9 Å². The van der Waals surface area contributed by atoms with Crippen LogP contribution in [0, 0.1) is 0 Å². The number of nitrogens with one attached hydrogen (secondary N) is 1. The van der Waals surface area contributed by atoms with Gasteiger partial charge < -0.3 is 5.32 Å². The molecule has 0 saturated carbocycles. The minimum atomic E-state index is 0.0143. The van der Waals surface area contributed by atoms with Crippen molar-refractivity contribution in [2.24, 2.45) is 0 Å². The first-order valence-electron chi connectivity index (χ1n) is 7.69. The van der Waals surface area contributed by atoms with Gasteiger partial charge in [-0.1, -0.05) is 78.9 Å². The standard InChI is InChI=1S/C19H18N2OS/c1-2-9-16(22)20-19-21-17(14-10-5-3-6-11-14)18(23-19)15-12-7-4-8-13-15/h3-8,10-13H,2,9H2,1H3,(H,20,21,22). The Balaban J connectivity index is 2.02. The molecule has 3 rings (SSSR count). The highest BCUT2D eigenvalue weighted by atomic mass is 32.1. The number of rotatable bonds is 5. The lowest BCUT2D eigenvalue weighted by molar-refractivity contribution is -0.116. The highest BCUT2D eigenvalue weighted by molar-refractivity contribution is 7.19. The van der Waals surface area contributed by atoms with Crippen molar-refractivity contribution in [2.45, 2.75) is 19.8 Å². The van der Waals surface area contributed by atoms with Crippen LogP contribution in [0.4, 0.5) is 5.13 Å². The predicted molar refractivity (Wildman–Crippen MR) is 96.5 cm³/mol. The van der Waals surface area contributed by atoms with E-state index in [4.69, 9.17) is 0 Å². The number of benzene rings is 2. The Bertz CT molecular complexity index is 725. The molecule has 0 bridgehead atoms. The second-order valence-corrected chi connectivity index (χ2v) is 6.23. The number of anilines is 1. The van der Waals surface area contributed by atoms with Gasteiger partial charge in [-0.25, -0.2) is 4.98 Å². The summed E-state index contributed by atoms with van der Waals surface area (Å²) in [5.74, 6) is 0.0143. The van der Waals surface area contributed by atoms with E-state index in [1.54, 1.807) is 0 Å². The van der Waals surface area contributed by atoms with E-state index in [0.717, 1.165) is 28.1 Å². The van der Waals surface area contributed by atoms with Crippen LogP contribution in [0.3, 0.4) is 0 Å². The maximum atomic E-state index is 11.9. The van der Waals surface area contributed by atoms with Crippen molar-refractivity contribution in [3.05, 3.63) is 60.7 Å². The zero-order chi connectivity index (χ0) is 16.1. The van der Waals surface area contributed by atoms with Gasteiger partial charge in [0.1, 0.15) is 0 Å². The molecule has 0 aliphatic carbocycles. The summed E-state index contributed by atoms with van der Waals surface area (Å²) in [6, 6.07) is 20.2. The third kappa shape index (κ3) is 3.66. The van der Waals surface area contributed by atoms with Crippen LogP contribution in [-0.2, 0) is 4.79 Å². The molecule has 0 spiro atoms. The maximum absolute atomic E-state index is 11.9. The highest BCUT2D eigenvalue weighted by Crippen LogP contribution is 2.38. The fourth-order valence-electron chi connectivity index (χ4n) is 2.36. The first-order valence-corrected chi connectivity index (χ1v) is 8.51. The predicted octanol–water partition coefficient (Wildman–Crippen LogP) is 5.22. The van der Waals surface area contributed by atoms with Crippen LogP contribution in [0.2, 0.25) is 0 Å². The quantitative estimate of drug-likeness (QED) is 0.700. The molecular formula is C19H18N2OS. The van der Waals surface area contributed by atoms with Crippen molar-refractivity contribution < 1.29 is 4.79 Å². The molecule has 3 nitrogen and oxygen atoms in total. The number of thiazole rings is 1. The molecule has 2 aromatic carbocycles. The Labute approximate surface area is 140 Å². The van der Waals surface area contributed by atoms with Gasteiger partial charge in [0.15, 0.2) is 5.13 Å². The van der Waals surface area contributed by atoms with Gasteiger partial charge in [-0.15, -0.1) is 0 Å². The molecule has 0 fully saturated rings. The Morgan fingerprint density at radius 1 is 1.00 bits per heavy atom. The molecule has 23 heavy (non-hydrogen) atoms. The molecule has 0 saturated heterocycles. The topological polar surface area (TPSA) is 42.0 Å². The van der Waals surface area contributed by atoms with Crippen LogP contribution < -0.4 is 5.32 Å². The summed E-state index contributed by atoms with van der Waals surface area (Å²) in [4.78, 5) is 17.6. The number of carbonyl (C=O) groups is 1. The lowest BCUT2D eigenvalue weighted by Gasteiger charge is -2.02. The Kier molecular flexibility index (Phi) is 4.83. The smallest absolute Gasteiger partial charge is 0.226 e. The summed E-state index contributed by atoms with van der Waals surface area (Å²) >= 11 is 1.52. The second-order valence-electron chi connectivity index (χ2n) is 5.23. The summed E-state index contributed by atoms with van der Waals surface area (Å²) in [6.07, 6.45) is 1.34. The zero-order valence-electron chi connectivity index (χ0n) is 13.0. The molecule has 0 radical (unpaired) electrons. The molecule has 116 valence electrons. The number of amides is 1. The number of carbonyl (C=O) groups excluding carboxylic acids is 1. The Hall–Kier alpha value is -2.46. The first kappa shape index (κ1) is 15.4. The van der Waals surface area contributed by atoms with E-state index < -0.39 is 0 Å². The summed E-state index contributed by atoms with van der Waals surface area (Å²) in [5.41, 5.74) is 3.08. The lowest BCUT2D eigenvalue weighted by Crippen LogP contribution is -2.10. The molecule has 4 heteroatoms. The minimum Gasteiger partial charge on any atom is -0.302 e. The monoisotopic (exact) mass is 322 g/mol. The van der Waals surface area contributed by atoms with Gasteiger partial charge in [0.25, 0.3) is 0 Å². The van der Waals surface area contributed by atoms with E-state index in [2.05, 4.69) is 22.4 Å². The third-order valence-corrected chi connectivity index (χ3v) is 4.45. The first-order chi connectivity index (χ1) is 11.3. The summed E-state index contributed by atoms with van der Waals surface area (Å²) in [7, 11) is 0. The molecule has 1 heterocycles. The van der Waals surface area contributed by atoms with Gasteiger partial charge in [-0.05, 0) is 12.0 Å². The van der Waals surface area contributed by atoms with Gasteiger partial charge in [0.2, 0.25) is 5.91 Å². The molecule has 0 atom stereocenters. The van der Waals surface area contributed by atoms with Crippen LogP contribution in [0.15, 0.2) is 60.7 Å². The molecule has 1 N–H and O–H groups in total. The van der Waals surface area contributed by atoms with E-state index in [-0.39, 0.29) is 5.91 Å². The van der Waals surface area contributed by atoms with E-state index in [1.165, 1.54) is 11.3 Å². The molecule has 1 aromatic heterocycles. The van der Waals surface area contributed by atoms with Gasteiger partial charge in [0, 0.05) is 12.0 Å². The average molecular weight is 322 g/mol. The molecule has 0 aliphatic rings. The molecule has 1 amide bonds. The van der Waals surface area contributed by atoms with Crippen molar-refractivity contribution in [3.8, 4) is 21.7 Å². The summed E-state index contributed by atoms with van der Waals surface area (Å²) in [5, 5.41) is 3.57. The van der Waals surface area contributed by atoms with Gasteiger partial charge in [0.05, 0.1) is 10.6 Å². The summed E-state index contributed by atoms with van der Waals surface area (Å²) in [6.45, 7) is 1.99. The number of hydrogen-bond donors (Lipinski definition) is 1. The average Bonchev–Trinajstić information content (AvgIpc) is 3.00. The highest BCUT2D eigenvalue weighted by Gasteiger charge is 2.15. The second kappa shape index (κ2) is 7.20. The third-order valence-electron chi connectivity index (χ3n) is 3.43. The van der Waals surface area contributed by atoms with E-state index in [1.807, 2.05) is 55.5 Å². The number of nitrogens with zero attached hydrogens (tertiary/aromatic N) is 1. The minimum absolute atomic E-state index is 0.0143. The van der Waals surface area contributed by atoms with Crippen LogP contribution in [0.25, 0.3) is 21.7 Å². The van der Waals surface area contributed by atoms with E-state index in [9.17, 15) is 4.79 Å². The van der Waals surface area contributed by atoms with E-state index >= 15 is 0 Å². The Morgan fingerprint density at radius 2 is 1.61 bits per heavy atom. The SMILES string of the molecule is CCCC(=O)Nc1nc(-c2ccccc2)c(-c2ccccc2)s1. The fourth-order valence-corrected chi connectivity index (χ4v) is 3.37. The van der Waals surface area contributed by atoms with Crippen molar-refractivity contribution in [2.75, 3.05) is 5.32 Å². The zero-order valence-corrected chi connectivity index (χ0v) is 13.8. The largest absolute Gasteiger partial charge is 0.302 e. The van der Waals surface area contributed by atoms with Crippen LogP contribution in [0.5, 0.6) is 0 Å². The lowest BCUT2D eigenvalue weighted by atomic mass is 10.1. The Morgan fingerprint density at radius 3 is 2.22 bits per heavy atom. The van der Waals surface area contributed by atoms with Crippen molar-refractivity contribution in [1.82, 2.24) is 4.98 Å². The van der Waals surface area contributed by atoms with Crippen molar-refractivity contribution >= 4 is 22.4 Å². The maximum Gasteiger partial charge on any atom is 0.226 e. The van der Waals surface area contributed by atoms with Gasteiger partial charge in [-0.2, -0.15) is 0 Å². The molecule has 3 aromatic rings.